The van der Waals surface area contributed by atoms with Gasteiger partial charge in [-0.25, -0.2) is 0 Å². The van der Waals surface area contributed by atoms with Crippen LogP contribution in [0.5, 0.6) is 0 Å². The fourth-order valence-electron chi connectivity index (χ4n) is 2.23. The van der Waals surface area contributed by atoms with Crippen molar-refractivity contribution in [2.45, 2.75) is 13.8 Å². The minimum atomic E-state index is 0. The normalized spacial score (nSPS) is 10.2. The first-order valence-corrected chi connectivity index (χ1v) is 6.90. The molecule has 0 fully saturated rings. The van der Waals surface area contributed by atoms with Crippen molar-refractivity contribution in [3.05, 3.63) is 64.8 Å². The second-order valence-corrected chi connectivity index (χ2v) is 5.40. The summed E-state index contributed by atoms with van der Waals surface area (Å²) in [7, 11) is 0. The molecule has 3 rings (SSSR count). The van der Waals surface area contributed by atoms with Crippen molar-refractivity contribution in [3.8, 4) is 0 Å². The van der Waals surface area contributed by atoms with Gasteiger partial charge >= 0.3 is 0 Å². The zero-order valence-electron chi connectivity index (χ0n) is 11.8. The van der Waals surface area contributed by atoms with Gasteiger partial charge in [-0.1, -0.05) is 29.3 Å². The third-order valence-electron chi connectivity index (χ3n) is 3.23. The Labute approximate surface area is 135 Å². The molecule has 0 saturated carbocycles. The highest BCUT2D eigenvalue weighted by Crippen LogP contribution is 2.28. The Morgan fingerprint density at radius 1 is 0.952 bits per heavy atom. The molecule has 1 N–H and O–H groups in total. The molecule has 2 aromatic carbocycles. The Balaban J connectivity index is 0.00000161. The maximum atomic E-state index is 6.10. The number of halogens is 2. The first-order valence-electron chi connectivity index (χ1n) is 6.52. The van der Waals surface area contributed by atoms with Crippen molar-refractivity contribution in [3.63, 3.8) is 0 Å². The Hall–Kier alpha value is -1.77. The maximum absolute atomic E-state index is 6.10. The molecule has 0 radical (unpaired) electrons. The van der Waals surface area contributed by atoms with E-state index < -0.39 is 0 Å². The van der Waals surface area contributed by atoms with Gasteiger partial charge in [0, 0.05) is 27.5 Å². The summed E-state index contributed by atoms with van der Waals surface area (Å²) in [5.41, 5.74) is 5.26. The third kappa shape index (κ3) is 3.46. The SMILES string of the molecule is Cc1ccc(Nc2cc(C)nc3ccc(Cl)cc23)cc1.[Cl-]. The third-order valence-corrected chi connectivity index (χ3v) is 3.46. The molecule has 1 aromatic heterocycles. The smallest absolute Gasteiger partial charge is 0.0727 e. The van der Waals surface area contributed by atoms with Crippen LogP contribution in [0, 0.1) is 13.8 Å². The van der Waals surface area contributed by atoms with Gasteiger partial charge in [0.2, 0.25) is 0 Å². The van der Waals surface area contributed by atoms with E-state index in [9.17, 15) is 0 Å². The minimum absolute atomic E-state index is 0. The molecule has 0 unspecified atom stereocenters. The predicted octanol–water partition coefficient (Wildman–Crippen LogP) is 2.25. The largest absolute Gasteiger partial charge is 1.00 e. The van der Waals surface area contributed by atoms with E-state index in [1.54, 1.807) is 0 Å². The van der Waals surface area contributed by atoms with Crippen molar-refractivity contribution in [1.29, 1.82) is 0 Å². The van der Waals surface area contributed by atoms with Crippen LogP contribution in [0.15, 0.2) is 48.5 Å². The van der Waals surface area contributed by atoms with Gasteiger partial charge in [0.15, 0.2) is 0 Å². The van der Waals surface area contributed by atoms with Crippen molar-refractivity contribution < 1.29 is 12.4 Å². The van der Waals surface area contributed by atoms with Crippen LogP contribution < -0.4 is 17.7 Å². The minimum Gasteiger partial charge on any atom is -1.00 e. The van der Waals surface area contributed by atoms with Crippen LogP contribution in [-0.4, -0.2) is 4.98 Å². The lowest BCUT2D eigenvalue weighted by molar-refractivity contribution is -0.00000408. The Kier molecular flexibility index (Phi) is 4.71. The summed E-state index contributed by atoms with van der Waals surface area (Å²) in [5.74, 6) is 0. The molecule has 0 bridgehead atoms. The number of pyridine rings is 1. The molecule has 2 nitrogen and oxygen atoms in total. The summed E-state index contributed by atoms with van der Waals surface area (Å²) in [6.45, 7) is 4.07. The molecule has 0 atom stereocenters. The lowest BCUT2D eigenvalue weighted by Crippen LogP contribution is -3.00. The number of hydrogen-bond donors (Lipinski definition) is 1. The molecular weight excluding hydrogens is 303 g/mol. The van der Waals surface area contributed by atoms with Crippen LogP contribution in [0.3, 0.4) is 0 Å². The molecule has 0 amide bonds. The summed E-state index contributed by atoms with van der Waals surface area (Å²) in [5, 5.41) is 5.19. The molecule has 0 saturated heterocycles. The van der Waals surface area contributed by atoms with E-state index in [1.165, 1.54) is 5.56 Å². The van der Waals surface area contributed by atoms with Crippen LogP contribution >= 0.6 is 11.6 Å². The van der Waals surface area contributed by atoms with Gasteiger partial charge in [-0.2, -0.15) is 0 Å². The standard InChI is InChI=1S/C17H15ClN2.ClH/c1-11-3-6-14(7-4-11)20-17-9-12(2)19-16-8-5-13(18)10-15(16)17;/h3-10H,1-2H3,(H,19,20);1H/p-1. The molecule has 0 aliphatic heterocycles. The van der Waals surface area contributed by atoms with E-state index >= 15 is 0 Å². The molecule has 0 aliphatic carbocycles. The molecule has 0 aliphatic rings. The number of rotatable bonds is 2. The number of hydrogen-bond acceptors (Lipinski definition) is 2. The second kappa shape index (κ2) is 6.33. The van der Waals surface area contributed by atoms with Gasteiger partial charge < -0.3 is 17.7 Å². The average Bonchev–Trinajstić information content (AvgIpc) is 2.42. The van der Waals surface area contributed by atoms with Crippen LogP contribution in [0.2, 0.25) is 5.02 Å². The monoisotopic (exact) mass is 317 g/mol. The lowest BCUT2D eigenvalue weighted by Gasteiger charge is -2.11. The van der Waals surface area contributed by atoms with Crippen LogP contribution in [-0.2, 0) is 0 Å². The first kappa shape index (κ1) is 15.6. The topological polar surface area (TPSA) is 24.9 Å². The highest BCUT2D eigenvalue weighted by atomic mass is 35.5. The van der Waals surface area contributed by atoms with Gasteiger partial charge in [-0.05, 0) is 50.2 Å². The van der Waals surface area contributed by atoms with Crippen molar-refractivity contribution >= 4 is 33.9 Å². The van der Waals surface area contributed by atoms with E-state index in [0.29, 0.717) is 0 Å². The predicted molar refractivity (Wildman–Crippen MR) is 86.0 cm³/mol. The lowest BCUT2D eigenvalue weighted by atomic mass is 10.1. The summed E-state index contributed by atoms with van der Waals surface area (Å²) >= 11 is 6.10. The van der Waals surface area contributed by atoms with Crippen LogP contribution in [0.1, 0.15) is 11.3 Å². The van der Waals surface area contributed by atoms with Gasteiger partial charge in [0.25, 0.3) is 0 Å². The van der Waals surface area contributed by atoms with Crippen LogP contribution in [0.4, 0.5) is 11.4 Å². The molecule has 1 heterocycles. The molecule has 0 spiro atoms. The number of nitrogens with one attached hydrogen (secondary N) is 1. The second-order valence-electron chi connectivity index (χ2n) is 4.96. The van der Waals surface area contributed by atoms with E-state index in [4.69, 9.17) is 11.6 Å². The Morgan fingerprint density at radius 3 is 2.38 bits per heavy atom. The summed E-state index contributed by atoms with van der Waals surface area (Å²) in [6, 6.07) is 16.1. The number of anilines is 2. The zero-order valence-corrected chi connectivity index (χ0v) is 13.3. The van der Waals surface area contributed by atoms with Crippen LogP contribution in [0.25, 0.3) is 10.9 Å². The van der Waals surface area contributed by atoms with E-state index in [-0.39, 0.29) is 12.4 Å². The first-order chi connectivity index (χ1) is 9.61. The zero-order chi connectivity index (χ0) is 14.1. The highest BCUT2D eigenvalue weighted by Gasteiger charge is 2.05. The quantitative estimate of drug-likeness (QED) is 0.784. The van der Waals surface area contributed by atoms with Crippen molar-refractivity contribution in [1.82, 2.24) is 4.98 Å². The van der Waals surface area contributed by atoms with E-state index in [0.717, 1.165) is 33.0 Å². The highest BCUT2D eigenvalue weighted by molar-refractivity contribution is 6.31. The molecule has 108 valence electrons. The molecule has 3 aromatic rings. The van der Waals surface area contributed by atoms with Gasteiger partial charge in [-0.3, -0.25) is 4.98 Å². The number of benzene rings is 2. The van der Waals surface area contributed by atoms with Crippen molar-refractivity contribution in [2.75, 3.05) is 5.32 Å². The number of aromatic nitrogens is 1. The maximum Gasteiger partial charge on any atom is 0.0727 e. The van der Waals surface area contributed by atoms with Crippen molar-refractivity contribution in [2.24, 2.45) is 0 Å². The fraction of sp³-hybridized carbons (Fsp3) is 0.118. The number of nitrogens with zero attached hydrogens (tertiary/aromatic N) is 1. The number of fused-ring (bicyclic) bond motifs is 1. The Morgan fingerprint density at radius 2 is 1.67 bits per heavy atom. The molecule has 4 heteroatoms. The van der Waals surface area contributed by atoms with Gasteiger partial charge in [-0.15, -0.1) is 0 Å². The van der Waals surface area contributed by atoms with E-state index in [2.05, 4.69) is 41.5 Å². The molecular formula is C17H15Cl2N2-. The summed E-state index contributed by atoms with van der Waals surface area (Å²) in [6.07, 6.45) is 0. The van der Waals surface area contributed by atoms with Gasteiger partial charge in [0.05, 0.1) is 5.52 Å². The summed E-state index contributed by atoms with van der Waals surface area (Å²) < 4.78 is 0. The van der Waals surface area contributed by atoms with Gasteiger partial charge in [0.1, 0.15) is 0 Å². The summed E-state index contributed by atoms with van der Waals surface area (Å²) in [4.78, 5) is 4.53. The van der Waals surface area contributed by atoms with E-state index in [1.807, 2.05) is 31.2 Å². The number of aryl methyl sites for hydroxylation is 2. The molecule has 21 heavy (non-hydrogen) atoms. The average molecular weight is 318 g/mol. The fourth-order valence-corrected chi connectivity index (χ4v) is 2.40. The Bertz CT molecular complexity index is 768.